The summed E-state index contributed by atoms with van der Waals surface area (Å²) in [5.74, 6) is 0.545. The van der Waals surface area contributed by atoms with Crippen LogP contribution >= 0.6 is 0 Å². The van der Waals surface area contributed by atoms with E-state index in [4.69, 9.17) is 4.74 Å². The Morgan fingerprint density at radius 2 is 1.56 bits per heavy atom. The Labute approximate surface area is 332 Å². The average molecular weight is 773 g/mol. The van der Waals surface area contributed by atoms with E-state index < -0.39 is 12.2 Å². The molecule has 57 heavy (non-hydrogen) atoms. The maximum absolute atomic E-state index is 13.1. The number of rotatable bonds is 13. The van der Waals surface area contributed by atoms with Gasteiger partial charge in [-0.3, -0.25) is 10.1 Å². The van der Waals surface area contributed by atoms with Crippen molar-refractivity contribution in [1.82, 2.24) is 20.1 Å². The summed E-state index contributed by atoms with van der Waals surface area (Å²) >= 11 is 0. The van der Waals surface area contributed by atoms with Crippen molar-refractivity contribution in [2.24, 2.45) is 5.92 Å². The standard InChI is InChI=1S/C45H52N6O6/c52-40-16-14-37(38-15-17-42(54)49-43(38)40)41(53)30-46-24-18-31-10-12-34(13-11-31)47-44(55)51-28-20-32(21-29-51)19-25-50-26-22-35(23-27-50)57-45(56)48-39-9-5-4-8-36(39)33-6-2-1-3-7-33/h1-17,32,35,41,46,52-53H,18-30H2,(H,47,55)(H,48,56)(H,49,54)/t41-/m1/s1. The number of carbonyl (C=O) groups is 2. The number of aromatic amines is 1. The van der Waals surface area contributed by atoms with Gasteiger partial charge in [-0.15, -0.1) is 0 Å². The Kier molecular flexibility index (Phi) is 13.2. The zero-order valence-electron chi connectivity index (χ0n) is 32.2. The number of nitrogens with zero attached hydrogens (tertiary/aromatic N) is 2. The molecule has 7 rings (SSSR count). The zero-order valence-corrected chi connectivity index (χ0v) is 32.2. The zero-order chi connectivity index (χ0) is 39.6. The quantitative estimate of drug-likeness (QED) is 0.0691. The third-order valence-electron chi connectivity index (χ3n) is 11.2. The number of fused-ring (bicyclic) bond motifs is 1. The van der Waals surface area contributed by atoms with Crippen LogP contribution in [0.15, 0.2) is 108 Å². The van der Waals surface area contributed by atoms with Crippen molar-refractivity contribution >= 4 is 34.4 Å². The first-order valence-electron chi connectivity index (χ1n) is 20.0. The first-order valence-corrected chi connectivity index (χ1v) is 20.0. The van der Waals surface area contributed by atoms with Crippen LogP contribution in [-0.2, 0) is 11.2 Å². The minimum Gasteiger partial charge on any atom is -0.506 e. The van der Waals surface area contributed by atoms with Gasteiger partial charge in [-0.25, -0.2) is 9.59 Å². The molecule has 2 aliphatic rings. The van der Waals surface area contributed by atoms with Gasteiger partial charge in [0.2, 0.25) is 5.56 Å². The highest BCUT2D eigenvalue weighted by atomic mass is 16.6. The molecular weight excluding hydrogens is 721 g/mol. The summed E-state index contributed by atoms with van der Waals surface area (Å²) in [7, 11) is 0. The van der Waals surface area contributed by atoms with Crippen LogP contribution in [0.2, 0.25) is 0 Å². The van der Waals surface area contributed by atoms with E-state index in [1.165, 1.54) is 12.1 Å². The predicted octanol–water partition coefficient (Wildman–Crippen LogP) is 7.11. The Morgan fingerprint density at radius 3 is 2.33 bits per heavy atom. The molecule has 2 fully saturated rings. The monoisotopic (exact) mass is 772 g/mol. The average Bonchev–Trinajstić information content (AvgIpc) is 3.23. The third-order valence-corrected chi connectivity index (χ3v) is 11.2. The van der Waals surface area contributed by atoms with Gasteiger partial charge in [0.05, 0.1) is 17.3 Å². The summed E-state index contributed by atoms with van der Waals surface area (Å²) in [4.78, 5) is 44.6. The van der Waals surface area contributed by atoms with E-state index in [2.05, 4.69) is 25.8 Å². The van der Waals surface area contributed by atoms with Gasteiger partial charge in [-0.05, 0) is 105 Å². The van der Waals surface area contributed by atoms with Gasteiger partial charge >= 0.3 is 12.1 Å². The number of carbonyl (C=O) groups excluding carboxylic acids is 2. The van der Waals surface area contributed by atoms with E-state index in [0.29, 0.717) is 35.5 Å². The van der Waals surface area contributed by atoms with Gasteiger partial charge in [0.1, 0.15) is 11.9 Å². The second-order valence-corrected chi connectivity index (χ2v) is 15.1. The van der Waals surface area contributed by atoms with E-state index in [9.17, 15) is 24.6 Å². The molecule has 0 bridgehead atoms. The number of amides is 3. The number of benzene rings is 4. The highest BCUT2D eigenvalue weighted by Crippen LogP contribution is 2.30. The minimum atomic E-state index is -0.816. The van der Waals surface area contributed by atoms with Crippen molar-refractivity contribution in [3.05, 3.63) is 125 Å². The van der Waals surface area contributed by atoms with Crippen molar-refractivity contribution in [1.29, 1.82) is 0 Å². The number of aliphatic hydroxyl groups excluding tert-OH is 1. The van der Waals surface area contributed by atoms with Crippen molar-refractivity contribution in [3.8, 4) is 16.9 Å². The largest absolute Gasteiger partial charge is 0.506 e. The van der Waals surface area contributed by atoms with Gasteiger partial charge in [-0.2, -0.15) is 0 Å². The molecule has 5 aromatic rings. The van der Waals surface area contributed by atoms with Crippen LogP contribution in [0.3, 0.4) is 0 Å². The highest BCUT2D eigenvalue weighted by Gasteiger charge is 2.26. The number of phenolic OH excluding ortho intramolecular Hbond substituents is 1. The number of hydrogen-bond donors (Lipinski definition) is 6. The molecule has 0 unspecified atom stereocenters. The summed E-state index contributed by atoms with van der Waals surface area (Å²) < 4.78 is 5.82. The lowest BCUT2D eigenvalue weighted by Gasteiger charge is -2.35. The molecule has 12 heteroatoms. The normalized spacial score (nSPS) is 16.0. The van der Waals surface area contributed by atoms with E-state index in [0.717, 1.165) is 99.3 Å². The summed E-state index contributed by atoms with van der Waals surface area (Å²) in [5, 5.41) is 30.8. The molecule has 0 aliphatic carbocycles. The number of pyridine rings is 1. The van der Waals surface area contributed by atoms with Crippen LogP contribution in [0, 0.1) is 5.92 Å². The highest BCUT2D eigenvalue weighted by molar-refractivity contribution is 5.92. The molecular formula is C45H52N6O6. The summed E-state index contributed by atoms with van der Waals surface area (Å²) in [6, 6.07) is 31.7. The molecule has 1 aromatic heterocycles. The van der Waals surface area contributed by atoms with Crippen molar-refractivity contribution < 1.29 is 24.5 Å². The maximum Gasteiger partial charge on any atom is 0.411 e. The van der Waals surface area contributed by atoms with Crippen LogP contribution in [0.4, 0.5) is 21.0 Å². The molecule has 2 aliphatic heterocycles. The van der Waals surface area contributed by atoms with Crippen LogP contribution in [0.5, 0.6) is 5.75 Å². The second-order valence-electron chi connectivity index (χ2n) is 15.1. The number of piperidine rings is 2. The molecule has 6 N–H and O–H groups in total. The number of aromatic hydroxyl groups is 1. The minimum absolute atomic E-state index is 0.0370. The number of aliphatic hydroxyl groups is 1. The number of H-pyrrole nitrogens is 1. The van der Waals surface area contributed by atoms with E-state index >= 15 is 0 Å². The van der Waals surface area contributed by atoms with Gasteiger partial charge in [0.25, 0.3) is 0 Å². The Bertz CT molecular complexity index is 2160. The molecule has 3 heterocycles. The SMILES string of the molecule is O=C(Nc1ccccc1-c1ccccc1)OC1CCN(CCC2CCN(C(=O)Nc3ccc(CCNC[C@@H](O)c4ccc(O)c5[nH]c(=O)ccc45)cc3)CC2)CC1. The van der Waals surface area contributed by atoms with E-state index in [-0.39, 0.29) is 23.4 Å². The lowest BCUT2D eigenvalue weighted by Crippen LogP contribution is -2.42. The Morgan fingerprint density at radius 1 is 0.825 bits per heavy atom. The Hall–Kier alpha value is -5.69. The smallest absolute Gasteiger partial charge is 0.411 e. The first kappa shape index (κ1) is 39.5. The van der Waals surface area contributed by atoms with E-state index in [1.807, 2.05) is 83.8 Å². The number of phenols is 1. The lowest BCUT2D eigenvalue weighted by atomic mass is 9.93. The van der Waals surface area contributed by atoms with E-state index in [1.54, 1.807) is 12.1 Å². The molecule has 0 radical (unpaired) electrons. The lowest BCUT2D eigenvalue weighted by molar-refractivity contribution is 0.0562. The van der Waals surface area contributed by atoms with Crippen molar-refractivity contribution in [2.45, 2.75) is 50.7 Å². The number of ether oxygens (including phenoxy) is 1. The van der Waals surface area contributed by atoms with Gasteiger partial charge in [0.15, 0.2) is 0 Å². The fourth-order valence-electron chi connectivity index (χ4n) is 7.88. The number of para-hydroxylation sites is 1. The predicted molar refractivity (Wildman–Crippen MR) is 224 cm³/mol. The maximum atomic E-state index is 13.1. The topological polar surface area (TPSA) is 159 Å². The van der Waals surface area contributed by atoms with Gasteiger partial charge in [-0.1, -0.05) is 66.7 Å². The number of urea groups is 1. The molecule has 0 spiro atoms. The molecule has 4 aromatic carbocycles. The number of hydrogen-bond acceptors (Lipinski definition) is 8. The second kappa shape index (κ2) is 19.0. The fraction of sp³-hybridized carbons (Fsp3) is 0.356. The summed E-state index contributed by atoms with van der Waals surface area (Å²) in [6.45, 7) is 5.25. The van der Waals surface area contributed by atoms with Crippen LogP contribution in [-0.4, -0.2) is 89.0 Å². The van der Waals surface area contributed by atoms with Crippen molar-refractivity contribution in [3.63, 3.8) is 0 Å². The van der Waals surface area contributed by atoms with Crippen LogP contribution < -0.4 is 21.5 Å². The number of nitrogens with one attached hydrogen (secondary N) is 4. The van der Waals surface area contributed by atoms with Crippen LogP contribution in [0.25, 0.3) is 22.0 Å². The molecule has 12 nitrogen and oxygen atoms in total. The molecule has 298 valence electrons. The number of anilines is 2. The molecule has 0 saturated carbocycles. The summed E-state index contributed by atoms with van der Waals surface area (Å²) in [5.41, 5.74) is 5.23. The first-order chi connectivity index (χ1) is 27.8. The third kappa shape index (κ3) is 10.6. The van der Waals surface area contributed by atoms with Gasteiger partial charge in [0, 0.05) is 55.4 Å². The molecule has 1 atom stereocenters. The fourth-order valence-corrected chi connectivity index (χ4v) is 7.88. The van der Waals surface area contributed by atoms with Gasteiger partial charge < -0.3 is 40.4 Å². The Balaban J connectivity index is 0.760. The summed E-state index contributed by atoms with van der Waals surface area (Å²) in [6.07, 6.45) is 4.13. The van der Waals surface area contributed by atoms with Crippen LogP contribution in [0.1, 0.15) is 49.3 Å². The molecule has 3 amide bonds. The number of aromatic nitrogens is 1. The van der Waals surface area contributed by atoms with Crippen molar-refractivity contribution in [2.75, 3.05) is 56.4 Å². The number of likely N-dealkylation sites (tertiary alicyclic amines) is 2. The molecule has 2 saturated heterocycles.